The maximum Gasteiger partial charge on any atom is 0.217 e. The summed E-state index contributed by atoms with van der Waals surface area (Å²) in [5.74, 6) is -0.202. The number of carbonyl (C=O) groups is 1. The first-order valence-corrected chi connectivity index (χ1v) is 6.70. The highest BCUT2D eigenvalue weighted by molar-refractivity contribution is 5.73. The second-order valence-electron chi connectivity index (χ2n) is 4.79. The summed E-state index contributed by atoms with van der Waals surface area (Å²) in [6.45, 7) is 1.36. The first kappa shape index (κ1) is 14.3. The Bertz CT molecular complexity index is 500. The number of amides is 1. The van der Waals surface area contributed by atoms with Crippen LogP contribution in [0, 0.1) is 0 Å². The molecular formula is C17H19NO2. The summed E-state index contributed by atoms with van der Waals surface area (Å²) in [5, 5.41) is 12.5. The maximum atomic E-state index is 11.4. The van der Waals surface area contributed by atoms with Gasteiger partial charge in [0.15, 0.2) is 0 Å². The summed E-state index contributed by atoms with van der Waals surface area (Å²) in [7, 11) is 0. The van der Waals surface area contributed by atoms with Crippen LogP contribution < -0.4 is 5.32 Å². The molecule has 0 bridgehead atoms. The topological polar surface area (TPSA) is 49.3 Å². The van der Waals surface area contributed by atoms with E-state index in [1.807, 2.05) is 60.7 Å². The van der Waals surface area contributed by atoms with E-state index in [1.165, 1.54) is 6.92 Å². The van der Waals surface area contributed by atoms with Crippen LogP contribution in [0.1, 0.15) is 24.0 Å². The summed E-state index contributed by atoms with van der Waals surface area (Å²) in [6.07, 6.45) is 0. The molecule has 1 amide bonds. The Morgan fingerprint density at radius 2 is 1.45 bits per heavy atom. The van der Waals surface area contributed by atoms with Crippen molar-refractivity contribution >= 4 is 5.91 Å². The van der Waals surface area contributed by atoms with Gasteiger partial charge in [0, 0.05) is 12.8 Å². The van der Waals surface area contributed by atoms with E-state index in [0.29, 0.717) is 0 Å². The van der Waals surface area contributed by atoms with Gasteiger partial charge in [0.25, 0.3) is 0 Å². The zero-order chi connectivity index (χ0) is 14.4. The molecule has 2 aromatic carbocycles. The van der Waals surface area contributed by atoms with Crippen molar-refractivity contribution < 1.29 is 9.90 Å². The van der Waals surface area contributed by atoms with Crippen molar-refractivity contribution in [3.05, 3.63) is 71.8 Å². The van der Waals surface area contributed by atoms with E-state index in [2.05, 4.69) is 5.32 Å². The largest absolute Gasteiger partial charge is 0.394 e. The average molecular weight is 269 g/mol. The van der Waals surface area contributed by atoms with E-state index >= 15 is 0 Å². The third kappa shape index (κ3) is 3.45. The zero-order valence-corrected chi connectivity index (χ0v) is 11.5. The van der Waals surface area contributed by atoms with Crippen LogP contribution in [-0.2, 0) is 4.79 Å². The molecule has 3 heteroatoms. The molecule has 0 aliphatic heterocycles. The second-order valence-corrected chi connectivity index (χ2v) is 4.79. The molecule has 0 heterocycles. The quantitative estimate of drug-likeness (QED) is 0.875. The van der Waals surface area contributed by atoms with E-state index in [0.717, 1.165) is 11.1 Å². The number of rotatable bonds is 5. The first-order valence-electron chi connectivity index (χ1n) is 6.70. The molecule has 2 N–H and O–H groups in total. The van der Waals surface area contributed by atoms with Crippen molar-refractivity contribution in [2.45, 2.75) is 18.9 Å². The number of nitrogens with one attached hydrogen (secondary N) is 1. The number of carbonyl (C=O) groups excluding carboxylic acids is 1. The van der Waals surface area contributed by atoms with Crippen LogP contribution in [0.2, 0.25) is 0 Å². The summed E-state index contributed by atoms with van der Waals surface area (Å²) in [4.78, 5) is 11.4. The van der Waals surface area contributed by atoms with E-state index in [1.54, 1.807) is 0 Å². The molecule has 0 aromatic heterocycles. The number of hydrogen-bond acceptors (Lipinski definition) is 2. The van der Waals surface area contributed by atoms with Crippen molar-refractivity contribution in [1.82, 2.24) is 5.32 Å². The Hall–Kier alpha value is -2.13. The molecular weight excluding hydrogens is 250 g/mol. The zero-order valence-electron chi connectivity index (χ0n) is 11.5. The van der Waals surface area contributed by atoms with Gasteiger partial charge in [-0.05, 0) is 11.1 Å². The summed E-state index contributed by atoms with van der Waals surface area (Å²) in [6, 6.07) is 19.5. The van der Waals surface area contributed by atoms with Gasteiger partial charge >= 0.3 is 0 Å². The van der Waals surface area contributed by atoms with Crippen molar-refractivity contribution in [3.63, 3.8) is 0 Å². The molecule has 104 valence electrons. The number of aliphatic hydroxyl groups is 1. The van der Waals surface area contributed by atoms with Crippen LogP contribution in [0.4, 0.5) is 0 Å². The van der Waals surface area contributed by atoms with E-state index in [-0.39, 0.29) is 24.5 Å². The fourth-order valence-corrected chi connectivity index (χ4v) is 2.47. The van der Waals surface area contributed by atoms with Gasteiger partial charge in [-0.25, -0.2) is 0 Å². The summed E-state index contributed by atoms with van der Waals surface area (Å²) in [5.41, 5.74) is 2.15. The predicted molar refractivity (Wildman–Crippen MR) is 79.4 cm³/mol. The normalized spacial score (nSPS) is 12.2. The molecule has 0 radical (unpaired) electrons. The lowest BCUT2D eigenvalue weighted by Crippen LogP contribution is -2.41. The molecule has 3 nitrogen and oxygen atoms in total. The first-order chi connectivity index (χ1) is 9.72. The van der Waals surface area contributed by atoms with Gasteiger partial charge in [0.05, 0.1) is 12.6 Å². The van der Waals surface area contributed by atoms with E-state index in [9.17, 15) is 9.90 Å². The molecule has 1 atom stereocenters. The SMILES string of the molecule is CC(=O)N[C@@H](CO)C(c1ccccc1)c1ccccc1. The molecule has 0 aliphatic rings. The highest BCUT2D eigenvalue weighted by atomic mass is 16.3. The fraction of sp³-hybridized carbons (Fsp3) is 0.235. The predicted octanol–water partition coefficient (Wildman–Crippen LogP) is 2.32. The highest BCUT2D eigenvalue weighted by Gasteiger charge is 2.24. The van der Waals surface area contributed by atoms with Crippen molar-refractivity contribution in [1.29, 1.82) is 0 Å². The third-order valence-electron chi connectivity index (χ3n) is 3.31. The molecule has 0 spiro atoms. The van der Waals surface area contributed by atoms with Crippen LogP contribution in [0.3, 0.4) is 0 Å². The van der Waals surface area contributed by atoms with Gasteiger partial charge in [-0.2, -0.15) is 0 Å². The lowest BCUT2D eigenvalue weighted by molar-refractivity contribution is -0.120. The van der Waals surface area contributed by atoms with Crippen LogP contribution >= 0.6 is 0 Å². The lowest BCUT2D eigenvalue weighted by atomic mass is 9.85. The average Bonchev–Trinajstić information content (AvgIpc) is 2.48. The Kier molecular flexibility index (Phi) is 4.91. The van der Waals surface area contributed by atoms with Crippen molar-refractivity contribution in [3.8, 4) is 0 Å². The fourth-order valence-electron chi connectivity index (χ4n) is 2.47. The van der Waals surface area contributed by atoms with Gasteiger partial charge < -0.3 is 10.4 Å². The van der Waals surface area contributed by atoms with Crippen molar-refractivity contribution in [2.75, 3.05) is 6.61 Å². The standard InChI is InChI=1S/C17H19NO2/c1-13(20)18-16(12-19)17(14-8-4-2-5-9-14)15-10-6-3-7-11-15/h2-11,16-17,19H,12H2,1H3,(H,18,20)/t16-/m0/s1. The monoisotopic (exact) mass is 269 g/mol. The molecule has 0 unspecified atom stereocenters. The minimum Gasteiger partial charge on any atom is -0.394 e. The molecule has 0 fully saturated rings. The highest BCUT2D eigenvalue weighted by Crippen LogP contribution is 2.27. The maximum absolute atomic E-state index is 11.4. The molecule has 0 saturated heterocycles. The van der Waals surface area contributed by atoms with Crippen LogP contribution in [-0.4, -0.2) is 23.7 Å². The Labute approximate surface area is 119 Å². The third-order valence-corrected chi connectivity index (χ3v) is 3.31. The summed E-state index contributed by atoms with van der Waals surface area (Å²) >= 11 is 0. The summed E-state index contributed by atoms with van der Waals surface area (Å²) < 4.78 is 0. The molecule has 20 heavy (non-hydrogen) atoms. The Balaban J connectivity index is 2.41. The molecule has 2 aromatic rings. The van der Waals surface area contributed by atoms with E-state index < -0.39 is 0 Å². The number of aliphatic hydroxyl groups excluding tert-OH is 1. The second kappa shape index (κ2) is 6.87. The van der Waals surface area contributed by atoms with E-state index in [4.69, 9.17) is 0 Å². The van der Waals surface area contributed by atoms with Crippen LogP contribution in [0.25, 0.3) is 0 Å². The van der Waals surface area contributed by atoms with Crippen LogP contribution in [0.5, 0.6) is 0 Å². The molecule has 0 saturated carbocycles. The van der Waals surface area contributed by atoms with Crippen molar-refractivity contribution in [2.24, 2.45) is 0 Å². The minimum absolute atomic E-state index is 0.0636. The number of hydrogen-bond donors (Lipinski definition) is 2. The number of benzene rings is 2. The lowest BCUT2D eigenvalue weighted by Gasteiger charge is -2.27. The van der Waals surface area contributed by atoms with Crippen LogP contribution in [0.15, 0.2) is 60.7 Å². The van der Waals surface area contributed by atoms with Gasteiger partial charge in [-0.3, -0.25) is 4.79 Å². The molecule has 2 rings (SSSR count). The van der Waals surface area contributed by atoms with Gasteiger partial charge in [0.2, 0.25) is 5.91 Å². The smallest absolute Gasteiger partial charge is 0.217 e. The van der Waals surface area contributed by atoms with Gasteiger partial charge in [-0.1, -0.05) is 60.7 Å². The Morgan fingerprint density at radius 1 is 1.00 bits per heavy atom. The van der Waals surface area contributed by atoms with Gasteiger partial charge in [0.1, 0.15) is 0 Å². The molecule has 0 aliphatic carbocycles. The van der Waals surface area contributed by atoms with Gasteiger partial charge in [-0.15, -0.1) is 0 Å². The minimum atomic E-state index is -0.336. The Morgan fingerprint density at radius 3 is 1.80 bits per heavy atom.